The fourth-order valence-corrected chi connectivity index (χ4v) is 9.84. The normalized spacial score (nSPS) is 45.5. The maximum Gasteiger partial charge on any atom is 0.217 e. The summed E-state index contributed by atoms with van der Waals surface area (Å²) in [7, 11) is 0. The molecule has 0 heterocycles. The van der Waals surface area contributed by atoms with Crippen molar-refractivity contribution in [3.05, 3.63) is 0 Å². The molecule has 0 saturated heterocycles. The van der Waals surface area contributed by atoms with Crippen LogP contribution in [-0.4, -0.2) is 11.9 Å². The van der Waals surface area contributed by atoms with Crippen LogP contribution >= 0.6 is 0 Å². The van der Waals surface area contributed by atoms with Gasteiger partial charge in [0, 0.05) is 13.0 Å². The number of rotatable bonds is 6. The summed E-state index contributed by atoms with van der Waals surface area (Å²) in [5, 5.41) is 3.47. The number of amides is 1. The van der Waals surface area contributed by atoms with Gasteiger partial charge < -0.3 is 5.32 Å². The molecular formula is C29H51NO. The van der Waals surface area contributed by atoms with Crippen molar-refractivity contribution in [2.24, 2.45) is 52.3 Å². The molecule has 0 bridgehead atoms. The molecule has 0 aromatic carbocycles. The lowest BCUT2D eigenvalue weighted by Gasteiger charge is -2.62. The van der Waals surface area contributed by atoms with E-state index in [0.717, 1.165) is 35.5 Å². The van der Waals surface area contributed by atoms with Gasteiger partial charge >= 0.3 is 0 Å². The van der Waals surface area contributed by atoms with Crippen LogP contribution in [0, 0.1) is 52.3 Å². The average molecular weight is 430 g/mol. The zero-order valence-corrected chi connectivity index (χ0v) is 21.5. The van der Waals surface area contributed by atoms with E-state index >= 15 is 0 Å². The second-order valence-corrected chi connectivity index (χ2v) is 13.3. The van der Waals surface area contributed by atoms with Gasteiger partial charge in [-0.3, -0.25) is 4.79 Å². The predicted octanol–water partition coefficient (Wildman–Crippen LogP) is 7.61. The Bertz CT molecular complexity index is 643. The minimum Gasteiger partial charge on any atom is -0.353 e. The Morgan fingerprint density at radius 2 is 1.65 bits per heavy atom. The molecule has 4 aliphatic carbocycles. The van der Waals surface area contributed by atoms with Gasteiger partial charge in [-0.2, -0.15) is 0 Å². The van der Waals surface area contributed by atoms with Crippen molar-refractivity contribution in [2.75, 3.05) is 0 Å². The third kappa shape index (κ3) is 4.23. The van der Waals surface area contributed by atoms with Crippen LogP contribution < -0.4 is 5.32 Å². The molecule has 4 rings (SSSR count). The minimum absolute atomic E-state index is 0.193. The zero-order chi connectivity index (χ0) is 22.4. The fraction of sp³-hybridized carbons (Fsp3) is 0.966. The molecule has 0 radical (unpaired) electrons. The lowest BCUT2D eigenvalue weighted by atomic mass is 9.43. The fourth-order valence-electron chi connectivity index (χ4n) is 9.84. The summed E-state index contributed by atoms with van der Waals surface area (Å²) in [5.41, 5.74) is 0.994. The molecule has 0 spiro atoms. The van der Waals surface area contributed by atoms with Crippen molar-refractivity contribution in [1.29, 1.82) is 0 Å². The summed E-state index contributed by atoms with van der Waals surface area (Å²) in [6, 6.07) is 0.425. The van der Waals surface area contributed by atoms with Crippen LogP contribution in [0.15, 0.2) is 0 Å². The van der Waals surface area contributed by atoms with E-state index in [2.05, 4.69) is 39.9 Å². The summed E-state index contributed by atoms with van der Waals surface area (Å²) in [6.07, 6.45) is 16.8. The molecule has 31 heavy (non-hydrogen) atoms. The van der Waals surface area contributed by atoms with Crippen LogP contribution in [0.2, 0.25) is 0 Å². The number of carbonyl (C=O) groups is 1. The first kappa shape index (κ1) is 23.6. The smallest absolute Gasteiger partial charge is 0.217 e. The Kier molecular flexibility index (Phi) is 6.87. The lowest BCUT2D eigenvalue weighted by Crippen LogP contribution is -2.60. The Morgan fingerprint density at radius 3 is 2.35 bits per heavy atom. The van der Waals surface area contributed by atoms with Gasteiger partial charge in [0.25, 0.3) is 0 Å². The molecule has 4 saturated carbocycles. The SMILES string of the molecule is CC(=O)N[C@H]1C[C@H]2[C@H]3CC[C@H]([C@H](C)CCCC(C)C)[C@@]3(C)CC[C@@H]2[C@@]2(C)CCCC[C@H]12. The lowest BCUT2D eigenvalue weighted by molar-refractivity contribution is -0.136. The van der Waals surface area contributed by atoms with Crippen molar-refractivity contribution in [3.8, 4) is 0 Å². The third-order valence-corrected chi connectivity index (χ3v) is 11.2. The van der Waals surface area contributed by atoms with E-state index in [0.29, 0.717) is 22.8 Å². The van der Waals surface area contributed by atoms with Crippen LogP contribution in [0.25, 0.3) is 0 Å². The zero-order valence-electron chi connectivity index (χ0n) is 21.5. The Balaban J connectivity index is 1.54. The van der Waals surface area contributed by atoms with Gasteiger partial charge in [-0.25, -0.2) is 0 Å². The monoisotopic (exact) mass is 429 g/mol. The van der Waals surface area contributed by atoms with E-state index < -0.39 is 0 Å². The first-order valence-electron chi connectivity index (χ1n) is 13.9. The Labute approximate surface area is 193 Å². The van der Waals surface area contributed by atoms with Gasteiger partial charge in [0.15, 0.2) is 0 Å². The summed E-state index contributed by atoms with van der Waals surface area (Å²) in [6.45, 7) is 14.4. The van der Waals surface area contributed by atoms with E-state index in [1.807, 2.05) is 0 Å². The van der Waals surface area contributed by atoms with Crippen LogP contribution in [0.3, 0.4) is 0 Å². The second-order valence-electron chi connectivity index (χ2n) is 13.3. The van der Waals surface area contributed by atoms with Crippen LogP contribution in [0.1, 0.15) is 119 Å². The van der Waals surface area contributed by atoms with Gasteiger partial charge in [0.1, 0.15) is 0 Å². The second kappa shape index (κ2) is 9.02. The molecule has 1 amide bonds. The molecule has 0 aromatic rings. The number of hydrogen-bond donors (Lipinski definition) is 1. The number of fused-ring (bicyclic) bond motifs is 5. The summed E-state index contributed by atoms with van der Waals surface area (Å²) in [5.74, 6) is 6.16. The number of nitrogens with one attached hydrogen (secondary N) is 1. The molecule has 1 N–H and O–H groups in total. The van der Waals surface area contributed by atoms with Crippen molar-refractivity contribution in [2.45, 2.75) is 125 Å². The Morgan fingerprint density at radius 1 is 0.903 bits per heavy atom. The van der Waals surface area contributed by atoms with Crippen LogP contribution in [0.4, 0.5) is 0 Å². The molecule has 0 aliphatic heterocycles. The molecule has 4 aliphatic rings. The first-order valence-corrected chi connectivity index (χ1v) is 13.9. The van der Waals surface area contributed by atoms with Gasteiger partial charge in [-0.1, -0.05) is 66.7 Å². The third-order valence-electron chi connectivity index (χ3n) is 11.2. The van der Waals surface area contributed by atoms with E-state index in [1.54, 1.807) is 6.92 Å². The van der Waals surface area contributed by atoms with Crippen molar-refractivity contribution in [1.82, 2.24) is 5.32 Å². The van der Waals surface area contributed by atoms with E-state index in [9.17, 15) is 4.79 Å². The van der Waals surface area contributed by atoms with Crippen LogP contribution in [0.5, 0.6) is 0 Å². The maximum absolute atomic E-state index is 12.1. The summed E-state index contributed by atoms with van der Waals surface area (Å²) >= 11 is 0. The molecule has 0 unspecified atom stereocenters. The van der Waals surface area contributed by atoms with Gasteiger partial charge in [-0.05, 0) is 97.2 Å². The molecule has 4 fully saturated rings. The number of carbonyl (C=O) groups excluding carboxylic acids is 1. The quantitative estimate of drug-likeness (QED) is 0.462. The van der Waals surface area contributed by atoms with Crippen molar-refractivity contribution in [3.63, 3.8) is 0 Å². The van der Waals surface area contributed by atoms with E-state index in [1.165, 1.54) is 77.0 Å². The van der Waals surface area contributed by atoms with Crippen molar-refractivity contribution < 1.29 is 4.79 Å². The molecule has 178 valence electrons. The highest BCUT2D eigenvalue weighted by Gasteiger charge is 2.61. The summed E-state index contributed by atoms with van der Waals surface area (Å²) < 4.78 is 0. The maximum atomic E-state index is 12.1. The highest BCUT2D eigenvalue weighted by atomic mass is 16.1. The Hall–Kier alpha value is -0.530. The average Bonchev–Trinajstić information content (AvgIpc) is 3.04. The minimum atomic E-state index is 0.193. The summed E-state index contributed by atoms with van der Waals surface area (Å²) in [4.78, 5) is 12.1. The van der Waals surface area contributed by atoms with Gasteiger partial charge in [-0.15, -0.1) is 0 Å². The van der Waals surface area contributed by atoms with E-state index in [-0.39, 0.29) is 5.91 Å². The molecular weight excluding hydrogens is 378 g/mol. The van der Waals surface area contributed by atoms with Crippen molar-refractivity contribution >= 4 is 5.91 Å². The first-order chi connectivity index (χ1) is 14.7. The molecule has 0 aromatic heterocycles. The highest BCUT2D eigenvalue weighted by Crippen LogP contribution is 2.68. The largest absolute Gasteiger partial charge is 0.353 e. The standard InChI is InChI=1S/C29H51NO/c1-19(2)10-9-11-20(3)23-13-14-24-22-18-27(30-21(4)31)26-12-7-8-16-28(26,5)25(22)15-17-29(23,24)6/h19-20,22-27H,7-18H2,1-6H3,(H,30,31)/t20-,22+,23-,24-,25+,26-,27+,28-,29-/m1/s1. The van der Waals surface area contributed by atoms with Gasteiger partial charge in [0.05, 0.1) is 0 Å². The molecule has 2 heteroatoms. The van der Waals surface area contributed by atoms with E-state index in [4.69, 9.17) is 0 Å². The predicted molar refractivity (Wildman–Crippen MR) is 131 cm³/mol. The number of hydrogen-bond acceptors (Lipinski definition) is 1. The molecule has 9 atom stereocenters. The van der Waals surface area contributed by atoms with Crippen LogP contribution in [-0.2, 0) is 4.79 Å². The van der Waals surface area contributed by atoms with Gasteiger partial charge in [0.2, 0.25) is 5.91 Å². The topological polar surface area (TPSA) is 29.1 Å². The highest BCUT2D eigenvalue weighted by molar-refractivity contribution is 5.73. The molecule has 2 nitrogen and oxygen atoms in total.